The van der Waals surface area contributed by atoms with Gasteiger partial charge in [0.15, 0.2) is 0 Å². The summed E-state index contributed by atoms with van der Waals surface area (Å²) in [5.74, 6) is 0.421. The monoisotopic (exact) mass is 244 g/mol. The van der Waals surface area contributed by atoms with Crippen LogP contribution in [0.1, 0.15) is 26.2 Å². The first-order valence-electron chi connectivity index (χ1n) is 6.16. The summed E-state index contributed by atoms with van der Waals surface area (Å²) in [6.07, 6.45) is 2.23. The first-order valence-corrected chi connectivity index (χ1v) is 6.16. The van der Waals surface area contributed by atoms with Gasteiger partial charge in [-0.25, -0.2) is 0 Å². The number of hydrogen-bond acceptors (Lipinski definition) is 3. The molecule has 4 heteroatoms. The summed E-state index contributed by atoms with van der Waals surface area (Å²) >= 11 is 0. The van der Waals surface area contributed by atoms with Gasteiger partial charge in [0.25, 0.3) is 0 Å². The van der Waals surface area contributed by atoms with Gasteiger partial charge in [-0.2, -0.15) is 5.26 Å². The van der Waals surface area contributed by atoms with Crippen molar-refractivity contribution in [2.45, 2.75) is 26.2 Å². The van der Waals surface area contributed by atoms with Crippen molar-refractivity contribution in [3.63, 3.8) is 0 Å². The molecule has 1 aromatic rings. The lowest BCUT2D eigenvalue weighted by Gasteiger charge is -2.33. The van der Waals surface area contributed by atoms with Gasteiger partial charge in [0.05, 0.1) is 18.4 Å². The minimum absolute atomic E-state index is 0.219. The molecule has 0 aromatic heterocycles. The third kappa shape index (κ3) is 2.17. The fraction of sp³-hybridized carbons (Fsp3) is 0.429. The molecule has 0 aliphatic heterocycles. The van der Waals surface area contributed by atoms with Crippen LogP contribution in [0, 0.1) is 16.7 Å². The molecule has 1 aromatic carbocycles. The number of rotatable bonds is 4. The number of ether oxygens (including phenoxy) is 1. The molecule has 1 aliphatic rings. The first-order chi connectivity index (χ1) is 8.72. The summed E-state index contributed by atoms with van der Waals surface area (Å²) in [7, 11) is 0. The summed E-state index contributed by atoms with van der Waals surface area (Å²) < 4.78 is 5.44. The number of carbonyl (C=O) groups is 1. The first kappa shape index (κ1) is 12.4. The summed E-state index contributed by atoms with van der Waals surface area (Å²) in [5.41, 5.74) is -0.204. The lowest BCUT2D eigenvalue weighted by atomic mass is 9.69. The van der Waals surface area contributed by atoms with Crippen molar-refractivity contribution in [2.24, 2.45) is 5.41 Å². The van der Waals surface area contributed by atoms with Crippen molar-refractivity contribution in [3.8, 4) is 11.8 Å². The van der Waals surface area contributed by atoms with Gasteiger partial charge < -0.3 is 10.1 Å². The lowest BCUT2D eigenvalue weighted by molar-refractivity contribution is -0.126. The Kier molecular flexibility index (Phi) is 3.52. The number of nitriles is 1. The van der Waals surface area contributed by atoms with Crippen molar-refractivity contribution in [2.75, 3.05) is 11.9 Å². The van der Waals surface area contributed by atoms with E-state index < -0.39 is 5.41 Å². The minimum atomic E-state index is -0.834. The number of benzene rings is 1. The Morgan fingerprint density at radius 2 is 2.22 bits per heavy atom. The predicted octanol–water partition coefficient (Wildman–Crippen LogP) is 2.72. The third-order valence-corrected chi connectivity index (χ3v) is 3.29. The van der Waals surface area contributed by atoms with Crippen molar-refractivity contribution < 1.29 is 9.53 Å². The maximum Gasteiger partial charge on any atom is 0.244 e. The highest BCUT2D eigenvalue weighted by Crippen LogP contribution is 2.41. The van der Waals surface area contributed by atoms with E-state index in [1.807, 2.05) is 19.1 Å². The fourth-order valence-electron chi connectivity index (χ4n) is 2.01. The number of nitrogens with one attached hydrogen (secondary N) is 1. The quantitative estimate of drug-likeness (QED) is 0.885. The molecule has 0 unspecified atom stereocenters. The number of carbonyl (C=O) groups excluding carboxylic acids is 1. The van der Waals surface area contributed by atoms with Crippen LogP contribution in [0.25, 0.3) is 0 Å². The molecule has 1 saturated carbocycles. The van der Waals surface area contributed by atoms with Crippen LogP contribution in [0.15, 0.2) is 24.3 Å². The van der Waals surface area contributed by atoms with E-state index in [4.69, 9.17) is 10.00 Å². The summed E-state index contributed by atoms with van der Waals surface area (Å²) in [5, 5.41) is 11.9. The molecule has 1 aliphatic carbocycles. The minimum Gasteiger partial charge on any atom is -0.492 e. The van der Waals surface area contributed by atoms with E-state index >= 15 is 0 Å². The Bertz CT molecular complexity index is 487. The van der Waals surface area contributed by atoms with E-state index in [2.05, 4.69) is 11.4 Å². The molecule has 0 saturated heterocycles. The third-order valence-electron chi connectivity index (χ3n) is 3.29. The normalized spacial score (nSPS) is 16.2. The Morgan fingerprint density at radius 3 is 2.78 bits per heavy atom. The van der Waals surface area contributed by atoms with Crippen molar-refractivity contribution in [3.05, 3.63) is 24.3 Å². The highest BCUT2D eigenvalue weighted by atomic mass is 16.5. The Hall–Kier alpha value is -2.02. The molecule has 0 heterocycles. The molecule has 4 nitrogen and oxygen atoms in total. The van der Waals surface area contributed by atoms with Gasteiger partial charge >= 0.3 is 0 Å². The number of hydrogen-bond donors (Lipinski definition) is 1. The number of para-hydroxylation sites is 2. The fourth-order valence-corrected chi connectivity index (χ4v) is 2.01. The second-order valence-electron chi connectivity index (χ2n) is 4.43. The average Bonchev–Trinajstić information content (AvgIpc) is 2.31. The van der Waals surface area contributed by atoms with Crippen LogP contribution in [0.3, 0.4) is 0 Å². The lowest BCUT2D eigenvalue weighted by Crippen LogP contribution is -2.40. The van der Waals surface area contributed by atoms with Crippen LogP contribution in [0.2, 0.25) is 0 Å². The van der Waals surface area contributed by atoms with Gasteiger partial charge in [0.2, 0.25) is 5.91 Å². The molecule has 1 N–H and O–H groups in total. The predicted molar refractivity (Wildman–Crippen MR) is 68.1 cm³/mol. The zero-order chi connectivity index (χ0) is 13.0. The van der Waals surface area contributed by atoms with Crippen LogP contribution in [-0.4, -0.2) is 12.5 Å². The van der Waals surface area contributed by atoms with E-state index in [1.165, 1.54) is 0 Å². The van der Waals surface area contributed by atoms with Gasteiger partial charge in [-0.05, 0) is 38.3 Å². The van der Waals surface area contributed by atoms with Crippen LogP contribution in [0.4, 0.5) is 5.69 Å². The highest BCUT2D eigenvalue weighted by molar-refractivity contribution is 5.98. The number of amides is 1. The SMILES string of the molecule is CCOc1ccccc1NC(=O)C1(C#N)CCC1. The molecular formula is C14H16N2O2. The second-order valence-corrected chi connectivity index (χ2v) is 4.43. The molecule has 0 bridgehead atoms. The molecule has 18 heavy (non-hydrogen) atoms. The maximum atomic E-state index is 12.1. The molecule has 2 rings (SSSR count). The number of nitrogens with zero attached hydrogens (tertiary/aromatic N) is 1. The second kappa shape index (κ2) is 5.09. The van der Waals surface area contributed by atoms with Crippen LogP contribution in [0.5, 0.6) is 5.75 Å². The zero-order valence-corrected chi connectivity index (χ0v) is 10.4. The van der Waals surface area contributed by atoms with E-state index in [0.717, 1.165) is 6.42 Å². The van der Waals surface area contributed by atoms with Crippen molar-refractivity contribution >= 4 is 11.6 Å². The molecule has 0 atom stereocenters. The molecule has 0 spiro atoms. The Labute approximate surface area is 107 Å². The molecular weight excluding hydrogens is 228 g/mol. The highest BCUT2D eigenvalue weighted by Gasteiger charge is 2.44. The zero-order valence-electron chi connectivity index (χ0n) is 10.4. The van der Waals surface area contributed by atoms with Crippen LogP contribution >= 0.6 is 0 Å². The largest absolute Gasteiger partial charge is 0.492 e. The summed E-state index contributed by atoms with van der Waals surface area (Å²) in [6.45, 7) is 2.43. The Morgan fingerprint density at radius 1 is 1.50 bits per heavy atom. The van der Waals surface area contributed by atoms with E-state index in [9.17, 15) is 4.79 Å². The Balaban J connectivity index is 2.14. The van der Waals surface area contributed by atoms with E-state index in [0.29, 0.717) is 30.9 Å². The van der Waals surface area contributed by atoms with Gasteiger partial charge in [0.1, 0.15) is 11.2 Å². The summed E-state index contributed by atoms with van der Waals surface area (Å²) in [4.78, 5) is 12.1. The maximum absolute atomic E-state index is 12.1. The van der Waals surface area contributed by atoms with Crippen LogP contribution < -0.4 is 10.1 Å². The van der Waals surface area contributed by atoms with Gasteiger partial charge in [0, 0.05) is 0 Å². The van der Waals surface area contributed by atoms with E-state index in [1.54, 1.807) is 12.1 Å². The molecule has 94 valence electrons. The standard InChI is InChI=1S/C14H16N2O2/c1-2-18-12-7-4-3-6-11(12)16-13(17)14(10-15)8-5-9-14/h3-4,6-7H,2,5,8-9H2,1H3,(H,16,17). The molecule has 1 fully saturated rings. The van der Waals surface area contributed by atoms with Crippen molar-refractivity contribution in [1.29, 1.82) is 5.26 Å². The van der Waals surface area contributed by atoms with Gasteiger partial charge in [-0.1, -0.05) is 12.1 Å². The van der Waals surface area contributed by atoms with Crippen molar-refractivity contribution in [1.82, 2.24) is 0 Å². The van der Waals surface area contributed by atoms with Gasteiger partial charge in [-0.3, -0.25) is 4.79 Å². The van der Waals surface area contributed by atoms with Gasteiger partial charge in [-0.15, -0.1) is 0 Å². The average molecular weight is 244 g/mol. The smallest absolute Gasteiger partial charge is 0.244 e. The molecule has 1 amide bonds. The topological polar surface area (TPSA) is 62.1 Å². The van der Waals surface area contributed by atoms with Crippen LogP contribution in [-0.2, 0) is 4.79 Å². The number of anilines is 1. The molecule has 0 radical (unpaired) electrons. The van der Waals surface area contributed by atoms with E-state index in [-0.39, 0.29) is 5.91 Å². The summed E-state index contributed by atoms with van der Waals surface area (Å²) in [6, 6.07) is 9.40.